The molecule has 0 aliphatic rings. The summed E-state index contributed by atoms with van der Waals surface area (Å²) in [7, 11) is 0. The first-order valence-electron chi connectivity index (χ1n) is 5.79. The number of anilines is 2. The zero-order valence-corrected chi connectivity index (χ0v) is 10.3. The molecule has 0 bridgehead atoms. The molecule has 5 heteroatoms. The van der Waals surface area contributed by atoms with Crippen molar-refractivity contribution in [3.8, 4) is 0 Å². The van der Waals surface area contributed by atoms with Crippen molar-refractivity contribution < 1.29 is 4.79 Å². The summed E-state index contributed by atoms with van der Waals surface area (Å²) >= 11 is 0. The van der Waals surface area contributed by atoms with Crippen molar-refractivity contribution in [1.29, 1.82) is 5.41 Å². The second-order valence-corrected chi connectivity index (χ2v) is 4.03. The summed E-state index contributed by atoms with van der Waals surface area (Å²) in [6.07, 6.45) is 3.30. The topological polar surface area (TPSA) is 91.9 Å². The molecule has 19 heavy (non-hydrogen) atoms. The largest absolute Gasteiger partial charge is 0.369 e. The number of benzene rings is 1. The van der Waals surface area contributed by atoms with Crippen LogP contribution in [0.15, 0.2) is 48.8 Å². The lowest BCUT2D eigenvalue weighted by Crippen LogP contribution is -2.17. The average Bonchev–Trinajstić information content (AvgIpc) is 2.39. The standard InChI is InChI=1S/C14H14N4O/c15-12(8-14(16)19)11-5-1-2-6-13(11)18-10-4-3-7-17-9-10/h1-7,9,15,18H,8H2,(H2,16,19). The minimum atomic E-state index is -0.513. The number of hydrogen-bond acceptors (Lipinski definition) is 4. The number of primary amides is 1. The van der Waals surface area contributed by atoms with Crippen LogP contribution in [-0.2, 0) is 4.79 Å². The highest BCUT2D eigenvalue weighted by molar-refractivity contribution is 6.11. The van der Waals surface area contributed by atoms with E-state index in [0.717, 1.165) is 11.4 Å². The van der Waals surface area contributed by atoms with Crippen LogP contribution in [0.3, 0.4) is 0 Å². The van der Waals surface area contributed by atoms with Crippen LogP contribution in [0.5, 0.6) is 0 Å². The van der Waals surface area contributed by atoms with Crippen LogP contribution in [-0.4, -0.2) is 16.6 Å². The molecule has 1 aromatic carbocycles. The van der Waals surface area contributed by atoms with Gasteiger partial charge in [0.05, 0.1) is 18.3 Å². The zero-order valence-electron chi connectivity index (χ0n) is 10.3. The van der Waals surface area contributed by atoms with Gasteiger partial charge in [0.25, 0.3) is 0 Å². The maximum absolute atomic E-state index is 10.9. The molecule has 0 aliphatic carbocycles. The fraction of sp³-hybridized carbons (Fsp3) is 0.0714. The van der Waals surface area contributed by atoms with Crippen LogP contribution >= 0.6 is 0 Å². The molecule has 96 valence electrons. The van der Waals surface area contributed by atoms with Gasteiger partial charge in [-0.1, -0.05) is 18.2 Å². The summed E-state index contributed by atoms with van der Waals surface area (Å²) in [6.45, 7) is 0. The number of para-hydroxylation sites is 1. The summed E-state index contributed by atoms with van der Waals surface area (Å²) in [5, 5.41) is 11.1. The van der Waals surface area contributed by atoms with E-state index in [0.29, 0.717) is 5.56 Å². The van der Waals surface area contributed by atoms with Crippen LogP contribution < -0.4 is 11.1 Å². The van der Waals surface area contributed by atoms with Gasteiger partial charge in [-0.2, -0.15) is 0 Å². The van der Waals surface area contributed by atoms with E-state index in [4.69, 9.17) is 11.1 Å². The number of carbonyl (C=O) groups excluding carboxylic acids is 1. The monoisotopic (exact) mass is 254 g/mol. The van der Waals surface area contributed by atoms with Crippen molar-refractivity contribution in [2.24, 2.45) is 5.73 Å². The maximum atomic E-state index is 10.9. The van der Waals surface area contributed by atoms with E-state index in [9.17, 15) is 4.79 Å². The Hall–Kier alpha value is -2.69. The van der Waals surface area contributed by atoms with Crippen molar-refractivity contribution in [3.63, 3.8) is 0 Å². The minimum Gasteiger partial charge on any atom is -0.369 e. The third-order valence-corrected chi connectivity index (χ3v) is 2.54. The van der Waals surface area contributed by atoms with E-state index in [-0.39, 0.29) is 12.1 Å². The van der Waals surface area contributed by atoms with Gasteiger partial charge in [0.15, 0.2) is 0 Å². The second-order valence-electron chi connectivity index (χ2n) is 4.03. The molecule has 0 unspecified atom stereocenters. The fourth-order valence-electron chi connectivity index (χ4n) is 1.72. The average molecular weight is 254 g/mol. The van der Waals surface area contributed by atoms with Gasteiger partial charge in [0, 0.05) is 23.2 Å². The Balaban J connectivity index is 2.26. The first-order valence-corrected chi connectivity index (χ1v) is 5.79. The number of amides is 1. The van der Waals surface area contributed by atoms with Gasteiger partial charge in [-0.05, 0) is 18.2 Å². The molecule has 4 N–H and O–H groups in total. The molecule has 0 radical (unpaired) electrons. The Labute approximate surface area is 111 Å². The fourth-order valence-corrected chi connectivity index (χ4v) is 1.72. The highest BCUT2D eigenvalue weighted by Gasteiger charge is 2.10. The molecule has 1 aromatic heterocycles. The molecule has 0 saturated carbocycles. The van der Waals surface area contributed by atoms with Crippen molar-refractivity contribution in [3.05, 3.63) is 54.4 Å². The van der Waals surface area contributed by atoms with E-state index in [1.165, 1.54) is 0 Å². The number of hydrogen-bond donors (Lipinski definition) is 3. The van der Waals surface area contributed by atoms with E-state index >= 15 is 0 Å². The van der Waals surface area contributed by atoms with Gasteiger partial charge in [-0.15, -0.1) is 0 Å². The first kappa shape index (κ1) is 12.8. The van der Waals surface area contributed by atoms with E-state index < -0.39 is 5.91 Å². The molecular weight excluding hydrogens is 240 g/mol. The molecular formula is C14H14N4O. The number of pyridine rings is 1. The van der Waals surface area contributed by atoms with E-state index in [1.54, 1.807) is 18.5 Å². The third kappa shape index (κ3) is 3.38. The number of nitrogens with two attached hydrogens (primary N) is 1. The molecule has 0 fully saturated rings. The predicted octanol–water partition coefficient (Wildman–Crippen LogP) is 2.07. The molecule has 0 spiro atoms. The van der Waals surface area contributed by atoms with Gasteiger partial charge in [-0.3, -0.25) is 9.78 Å². The molecule has 1 amide bonds. The summed E-state index contributed by atoms with van der Waals surface area (Å²) in [4.78, 5) is 14.9. The summed E-state index contributed by atoms with van der Waals surface area (Å²) in [5.41, 5.74) is 7.55. The molecule has 0 aliphatic heterocycles. The SMILES string of the molecule is N=C(CC(N)=O)c1ccccc1Nc1cccnc1. The van der Waals surface area contributed by atoms with Crippen molar-refractivity contribution in [2.45, 2.75) is 6.42 Å². The lowest BCUT2D eigenvalue weighted by atomic mass is 10.0. The van der Waals surface area contributed by atoms with Gasteiger partial charge < -0.3 is 16.5 Å². The minimum absolute atomic E-state index is 0.0776. The molecule has 2 aromatic rings. The predicted molar refractivity (Wildman–Crippen MR) is 74.6 cm³/mol. The number of nitrogens with one attached hydrogen (secondary N) is 2. The Morgan fingerprint density at radius 2 is 2.05 bits per heavy atom. The first-order chi connectivity index (χ1) is 9.16. The quantitative estimate of drug-likeness (QED) is 0.713. The second kappa shape index (κ2) is 5.77. The highest BCUT2D eigenvalue weighted by Crippen LogP contribution is 2.21. The van der Waals surface area contributed by atoms with E-state index in [1.807, 2.05) is 30.3 Å². The summed E-state index contributed by atoms with van der Waals surface area (Å²) < 4.78 is 0. The smallest absolute Gasteiger partial charge is 0.223 e. The third-order valence-electron chi connectivity index (χ3n) is 2.54. The Bertz CT molecular complexity index is 595. The van der Waals surface area contributed by atoms with Gasteiger partial charge in [0.1, 0.15) is 0 Å². The molecule has 0 saturated heterocycles. The summed E-state index contributed by atoms with van der Waals surface area (Å²) in [6, 6.07) is 11.0. The summed E-state index contributed by atoms with van der Waals surface area (Å²) in [5.74, 6) is -0.513. The zero-order chi connectivity index (χ0) is 13.7. The molecule has 0 atom stereocenters. The van der Waals surface area contributed by atoms with Gasteiger partial charge in [-0.25, -0.2) is 0 Å². The van der Waals surface area contributed by atoms with Crippen molar-refractivity contribution in [2.75, 3.05) is 5.32 Å². The molecule has 5 nitrogen and oxygen atoms in total. The molecule has 2 rings (SSSR count). The van der Waals surface area contributed by atoms with Crippen LogP contribution in [0.25, 0.3) is 0 Å². The van der Waals surface area contributed by atoms with Crippen molar-refractivity contribution in [1.82, 2.24) is 4.98 Å². The number of rotatable bonds is 5. The lowest BCUT2D eigenvalue weighted by molar-refractivity contribution is -0.116. The number of nitrogens with zero attached hydrogens (tertiary/aromatic N) is 1. The molecule has 1 heterocycles. The number of carbonyl (C=O) groups is 1. The van der Waals surface area contributed by atoms with Gasteiger partial charge in [0.2, 0.25) is 5.91 Å². The van der Waals surface area contributed by atoms with Crippen LogP contribution in [0, 0.1) is 5.41 Å². The van der Waals surface area contributed by atoms with Gasteiger partial charge >= 0.3 is 0 Å². The maximum Gasteiger partial charge on any atom is 0.223 e. The van der Waals surface area contributed by atoms with Crippen LogP contribution in [0.1, 0.15) is 12.0 Å². The van der Waals surface area contributed by atoms with Crippen LogP contribution in [0.4, 0.5) is 11.4 Å². The number of aromatic nitrogens is 1. The Morgan fingerprint density at radius 3 is 2.74 bits per heavy atom. The van der Waals surface area contributed by atoms with E-state index in [2.05, 4.69) is 10.3 Å². The van der Waals surface area contributed by atoms with Crippen molar-refractivity contribution >= 4 is 23.0 Å². The van der Waals surface area contributed by atoms with Crippen LogP contribution in [0.2, 0.25) is 0 Å². The highest BCUT2D eigenvalue weighted by atomic mass is 16.1. The normalized spacial score (nSPS) is 9.89. The Morgan fingerprint density at radius 1 is 1.26 bits per heavy atom. The Kier molecular flexibility index (Phi) is 3.87. The lowest BCUT2D eigenvalue weighted by Gasteiger charge is -2.11.